The predicted molar refractivity (Wildman–Crippen MR) is 71.1 cm³/mol. The van der Waals surface area contributed by atoms with E-state index in [-0.39, 0.29) is 6.61 Å². The highest BCUT2D eigenvalue weighted by molar-refractivity contribution is 6.31. The van der Waals surface area contributed by atoms with Gasteiger partial charge in [-0.3, -0.25) is 9.88 Å². The molecule has 0 bridgehead atoms. The van der Waals surface area contributed by atoms with Gasteiger partial charge in [0.15, 0.2) is 0 Å². The van der Waals surface area contributed by atoms with Crippen molar-refractivity contribution in [3.05, 3.63) is 29.0 Å². The second kappa shape index (κ2) is 8.45. The zero-order valence-corrected chi connectivity index (χ0v) is 11.2. The minimum atomic E-state index is 0.189. The van der Waals surface area contributed by atoms with Crippen LogP contribution in [0.5, 0.6) is 0 Å². The second-order valence-corrected chi connectivity index (χ2v) is 4.58. The molecule has 1 aromatic rings. The summed E-state index contributed by atoms with van der Waals surface area (Å²) in [5.74, 6) is 0. The molecule has 96 valence electrons. The van der Waals surface area contributed by atoms with E-state index in [0.29, 0.717) is 11.6 Å². The summed E-state index contributed by atoms with van der Waals surface area (Å²) in [7, 11) is 0. The minimum absolute atomic E-state index is 0.189. The average molecular weight is 257 g/mol. The van der Waals surface area contributed by atoms with Crippen LogP contribution in [0.15, 0.2) is 18.5 Å². The van der Waals surface area contributed by atoms with Crippen molar-refractivity contribution in [3.63, 3.8) is 0 Å². The van der Waals surface area contributed by atoms with E-state index in [0.717, 1.165) is 18.7 Å². The summed E-state index contributed by atoms with van der Waals surface area (Å²) in [4.78, 5) is 6.21. The fraction of sp³-hybridized carbons (Fsp3) is 0.615. The van der Waals surface area contributed by atoms with Gasteiger partial charge in [-0.15, -0.1) is 0 Å². The zero-order valence-electron chi connectivity index (χ0n) is 10.4. The lowest BCUT2D eigenvalue weighted by molar-refractivity contribution is 0.187. The van der Waals surface area contributed by atoms with Crippen LogP contribution in [0.3, 0.4) is 0 Å². The van der Waals surface area contributed by atoms with Crippen molar-refractivity contribution < 1.29 is 5.11 Å². The molecule has 17 heavy (non-hydrogen) atoms. The molecule has 3 nitrogen and oxygen atoms in total. The fourth-order valence-electron chi connectivity index (χ4n) is 1.77. The van der Waals surface area contributed by atoms with Gasteiger partial charge in [-0.25, -0.2) is 0 Å². The molecule has 0 aliphatic rings. The van der Waals surface area contributed by atoms with Gasteiger partial charge in [-0.2, -0.15) is 0 Å². The molecule has 0 saturated heterocycles. The van der Waals surface area contributed by atoms with Gasteiger partial charge < -0.3 is 5.11 Å². The molecule has 1 aromatic heterocycles. The molecule has 4 heteroatoms. The number of aliphatic hydroxyl groups is 1. The van der Waals surface area contributed by atoms with Crippen LogP contribution in [0.2, 0.25) is 5.02 Å². The molecule has 0 aliphatic heterocycles. The first-order chi connectivity index (χ1) is 8.27. The van der Waals surface area contributed by atoms with Crippen LogP contribution in [0.4, 0.5) is 0 Å². The van der Waals surface area contributed by atoms with E-state index >= 15 is 0 Å². The number of hydrogen-bond acceptors (Lipinski definition) is 3. The molecule has 0 fully saturated rings. The number of nitrogens with zero attached hydrogens (tertiary/aromatic N) is 2. The molecule has 0 unspecified atom stereocenters. The van der Waals surface area contributed by atoms with Gasteiger partial charge in [-0.05, 0) is 24.6 Å². The Kier molecular flexibility index (Phi) is 7.17. The van der Waals surface area contributed by atoms with E-state index < -0.39 is 0 Å². The van der Waals surface area contributed by atoms with Crippen LogP contribution < -0.4 is 0 Å². The molecule has 0 aromatic carbocycles. The molecule has 0 radical (unpaired) electrons. The third-order valence-electron chi connectivity index (χ3n) is 2.74. The molecule has 1 heterocycles. The third kappa shape index (κ3) is 5.48. The van der Waals surface area contributed by atoms with Crippen molar-refractivity contribution in [3.8, 4) is 0 Å². The van der Waals surface area contributed by atoms with Crippen LogP contribution in [0.1, 0.15) is 31.7 Å². The number of aromatic nitrogens is 1. The van der Waals surface area contributed by atoms with Gasteiger partial charge in [-0.1, -0.05) is 31.4 Å². The lowest BCUT2D eigenvalue weighted by Crippen LogP contribution is -2.27. The van der Waals surface area contributed by atoms with Gasteiger partial charge in [0.25, 0.3) is 0 Å². The van der Waals surface area contributed by atoms with Crippen molar-refractivity contribution in [1.82, 2.24) is 9.88 Å². The molecular weight excluding hydrogens is 236 g/mol. The van der Waals surface area contributed by atoms with E-state index in [1.807, 2.05) is 6.07 Å². The van der Waals surface area contributed by atoms with E-state index in [9.17, 15) is 0 Å². The second-order valence-electron chi connectivity index (χ2n) is 4.17. The highest BCUT2D eigenvalue weighted by atomic mass is 35.5. The van der Waals surface area contributed by atoms with Gasteiger partial charge in [0.2, 0.25) is 0 Å². The molecule has 1 rings (SSSR count). The molecule has 0 amide bonds. The molecule has 1 N–H and O–H groups in total. The molecule has 0 spiro atoms. The largest absolute Gasteiger partial charge is 0.395 e. The molecule has 0 saturated carbocycles. The minimum Gasteiger partial charge on any atom is -0.395 e. The Morgan fingerprint density at radius 1 is 1.35 bits per heavy atom. The Labute approximate surface area is 108 Å². The molecule has 0 atom stereocenters. The Morgan fingerprint density at radius 2 is 2.18 bits per heavy atom. The first-order valence-electron chi connectivity index (χ1n) is 6.19. The Bertz CT molecular complexity index is 320. The summed E-state index contributed by atoms with van der Waals surface area (Å²) in [6.45, 7) is 4.87. The number of pyridine rings is 1. The summed E-state index contributed by atoms with van der Waals surface area (Å²) < 4.78 is 0. The van der Waals surface area contributed by atoms with E-state index in [2.05, 4.69) is 16.8 Å². The first-order valence-corrected chi connectivity index (χ1v) is 6.57. The normalized spacial score (nSPS) is 11.1. The maximum atomic E-state index is 9.05. The lowest BCUT2D eigenvalue weighted by atomic mass is 10.2. The summed E-state index contributed by atoms with van der Waals surface area (Å²) in [6.07, 6.45) is 7.03. The Morgan fingerprint density at radius 3 is 2.82 bits per heavy atom. The van der Waals surface area contributed by atoms with Crippen molar-refractivity contribution in [1.29, 1.82) is 0 Å². The van der Waals surface area contributed by atoms with E-state index in [4.69, 9.17) is 16.7 Å². The van der Waals surface area contributed by atoms with Crippen LogP contribution in [-0.2, 0) is 6.54 Å². The standard InChI is InChI=1S/C13H21ClN2O/c1-2-3-4-7-16(8-9-17)11-12-5-6-15-10-13(12)14/h5-6,10,17H,2-4,7-9,11H2,1H3. The van der Waals surface area contributed by atoms with Crippen LogP contribution in [-0.4, -0.2) is 34.7 Å². The third-order valence-corrected chi connectivity index (χ3v) is 3.08. The Balaban J connectivity index is 2.50. The van der Waals surface area contributed by atoms with Crippen LogP contribution in [0, 0.1) is 0 Å². The smallest absolute Gasteiger partial charge is 0.0634 e. The summed E-state index contributed by atoms with van der Waals surface area (Å²) >= 11 is 6.08. The summed E-state index contributed by atoms with van der Waals surface area (Å²) in [5.41, 5.74) is 1.08. The molecule has 0 aliphatic carbocycles. The van der Waals surface area contributed by atoms with Gasteiger partial charge in [0.05, 0.1) is 11.6 Å². The van der Waals surface area contributed by atoms with Crippen LogP contribution >= 0.6 is 11.6 Å². The number of halogens is 1. The van der Waals surface area contributed by atoms with Crippen molar-refractivity contribution in [2.45, 2.75) is 32.7 Å². The highest BCUT2D eigenvalue weighted by Crippen LogP contribution is 2.15. The first kappa shape index (κ1) is 14.4. The van der Waals surface area contributed by atoms with Gasteiger partial charge >= 0.3 is 0 Å². The number of aliphatic hydroxyl groups excluding tert-OH is 1. The number of hydrogen-bond donors (Lipinski definition) is 1. The molecular formula is C13H21ClN2O. The van der Waals surface area contributed by atoms with E-state index in [1.165, 1.54) is 19.3 Å². The van der Waals surface area contributed by atoms with Gasteiger partial charge in [0, 0.05) is 25.5 Å². The maximum Gasteiger partial charge on any atom is 0.0634 e. The summed E-state index contributed by atoms with van der Waals surface area (Å²) in [5, 5.41) is 9.75. The number of rotatable bonds is 8. The zero-order chi connectivity index (χ0) is 12.5. The van der Waals surface area contributed by atoms with Crippen molar-refractivity contribution in [2.75, 3.05) is 19.7 Å². The fourth-order valence-corrected chi connectivity index (χ4v) is 1.95. The Hall–Kier alpha value is -0.640. The SMILES string of the molecule is CCCCCN(CCO)Cc1ccncc1Cl. The van der Waals surface area contributed by atoms with E-state index in [1.54, 1.807) is 12.4 Å². The predicted octanol–water partition coefficient (Wildman–Crippen LogP) is 2.72. The maximum absolute atomic E-state index is 9.05. The summed E-state index contributed by atoms with van der Waals surface area (Å²) in [6, 6.07) is 1.94. The quantitative estimate of drug-likeness (QED) is 0.727. The average Bonchev–Trinajstić information content (AvgIpc) is 2.32. The highest BCUT2D eigenvalue weighted by Gasteiger charge is 2.07. The number of unbranched alkanes of at least 4 members (excludes halogenated alkanes) is 2. The lowest BCUT2D eigenvalue weighted by Gasteiger charge is -2.21. The van der Waals surface area contributed by atoms with Crippen LogP contribution in [0.25, 0.3) is 0 Å². The van der Waals surface area contributed by atoms with Gasteiger partial charge in [0.1, 0.15) is 0 Å². The van der Waals surface area contributed by atoms with Crippen molar-refractivity contribution >= 4 is 11.6 Å². The van der Waals surface area contributed by atoms with Crippen molar-refractivity contribution in [2.24, 2.45) is 0 Å². The topological polar surface area (TPSA) is 36.4 Å². The monoisotopic (exact) mass is 256 g/mol.